The lowest BCUT2D eigenvalue weighted by atomic mass is 10.2. The lowest BCUT2D eigenvalue weighted by Gasteiger charge is -2.02. The number of carbonyl (C=O) groups is 1. The van der Waals surface area contributed by atoms with E-state index in [9.17, 15) is 4.79 Å². The van der Waals surface area contributed by atoms with E-state index in [0.717, 1.165) is 9.13 Å². The number of hydrogen-bond acceptors (Lipinski definition) is 3. The minimum atomic E-state index is -0.509. The summed E-state index contributed by atoms with van der Waals surface area (Å²) in [6.45, 7) is 0. The van der Waals surface area contributed by atoms with Crippen molar-refractivity contribution in [1.82, 2.24) is 0 Å². The molecule has 2 aromatic carbocycles. The molecule has 0 unspecified atom stereocenters. The first-order chi connectivity index (χ1) is 10.5. The zero-order valence-electron chi connectivity index (χ0n) is 11.0. The average Bonchev–Trinajstić information content (AvgIpc) is 2.85. The van der Waals surface area contributed by atoms with Gasteiger partial charge in [-0.25, -0.2) is 9.79 Å². The third kappa shape index (κ3) is 3.19. The number of esters is 1. The number of halogens is 3. The standard InChI is InChI=1S/C16H8Cl2INO2/c17-10-5-6-12(18)11(8-10)15-20-14(16(21)22-15)7-9-3-1-2-4-13(9)19/h1-8H. The normalized spacial score (nSPS) is 15.9. The van der Waals surface area contributed by atoms with Crippen molar-refractivity contribution in [3.8, 4) is 0 Å². The monoisotopic (exact) mass is 443 g/mol. The Morgan fingerprint density at radius 3 is 2.68 bits per heavy atom. The van der Waals surface area contributed by atoms with Crippen LogP contribution in [-0.4, -0.2) is 11.9 Å². The van der Waals surface area contributed by atoms with Crippen LogP contribution in [0.5, 0.6) is 0 Å². The highest BCUT2D eigenvalue weighted by Crippen LogP contribution is 2.26. The highest BCUT2D eigenvalue weighted by atomic mass is 127. The fourth-order valence-electron chi connectivity index (χ4n) is 1.93. The van der Waals surface area contributed by atoms with Crippen molar-refractivity contribution in [3.63, 3.8) is 0 Å². The molecular formula is C16H8Cl2INO2. The van der Waals surface area contributed by atoms with Crippen molar-refractivity contribution in [2.24, 2.45) is 4.99 Å². The lowest BCUT2D eigenvalue weighted by molar-refractivity contribution is -0.129. The Hall–Kier alpha value is -1.37. The van der Waals surface area contributed by atoms with Gasteiger partial charge in [0.15, 0.2) is 5.70 Å². The molecule has 0 radical (unpaired) electrons. The van der Waals surface area contributed by atoms with E-state index in [1.54, 1.807) is 24.3 Å². The van der Waals surface area contributed by atoms with E-state index in [2.05, 4.69) is 27.6 Å². The molecule has 0 spiro atoms. The van der Waals surface area contributed by atoms with Gasteiger partial charge in [-0.1, -0.05) is 41.4 Å². The smallest absolute Gasteiger partial charge is 0.363 e. The summed E-state index contributed by atoms with van der Waals surface area (Å²) in [7, 11) is 0. The Morgan fingerprint density at radius 1 is 1.14 bits per heavy atom. The van der Waals surface area contributed by atoms with Crippen LogP contribution in [0.1, 0.15) is 11.1 Å². The van der Waals surface area contributed by atoms with Gasteiger partial charge in [-0.2, -0.15) is 0 Å². The van der Waals surface area contributed by atoms with Crippen LogP contribution in [0.25, 0.3) is 6.08 Å². The Bertz CT molecular complexity index is 831. The summed E-state index contributed by atoms with van der Waals surface area (Å²) in [4.78, 5) is 16.2. The van der Waals surface area contributed by atoms with Crippen molar-refractivity contribution >= 4 is 63.7 Å². The molecule has 0 aliphatic carbocycles. The molecule has 0 atom stereocenters. The van der Waals surface area contributed by atoms with Gasteiger partial charge in [0.2, 0.25) is 5.90 Å². The number of ether oxygens (including phenoxy) is 1. The van der Waals surface area contributed by atoms with Gasteiger partial charge >= 0.3 is 5.97 Å². The van der Waals surface area contributed by atoms with E-state index in [1.165, 1.54) is 0 Å². The molecule has 6 heteroatoms. The van der Waals surface area contributed by atoms with Gasteiger partial charge in [0, 0.05) is 8.59 Å². The highest BCUT2D eigenvalue weighted by Gasteiger charge is 2.26. The summed E-state index contributed by atoms with van der Waals surface area (Å²) < 4.78 is 6.22. The van der Waals surface area contributed by atoms with Gasteiger partial charge in [-0.15, -0.1) is 0 Å². The van der Waals surface area contributed by atoms with Gasteiger partial charge in [-0.05, 0) is 58.5 Å². The summed E-state index contributed by atoms with van der Waals surface area (Å²) in [5.74, 6) is -0.347. The molecule has 0 saturated carbocycles. The maximum Gasteiger partial charge on any atom is 0.363 e. The zero-order chi connectivity index (χ0) is 15.7. The SMILES string of the molecule is O=C1OC(c2cc(Cl)ccc2Cl)=NC1=Cc1ccccc1I. The summed E-state index contributed by atoms with van der Waals surface area (Å²) in [6, 6.07) is 12.6. The van der Waals surface area contributed by atoms with Crippen molar-refractivity contribution in [3.05, 3.63) is 72.9 Å². The van der Waals surface area contributed by atoms with Gasteiger partial charge in [0.05, 0.1) is 10.6 Å². The molecule has 3 rings (SSSR count). The predicted octanol–water partition coefficient (Wildman–Crippen LogP) is 4.94. The first-order valence-electron chi connectivity index (χ1n) is 6.27. The summed E-state index contributed by atoms with van der Waals surface area (Å²) in [5, 5.41) is 0.916. The van der Waals surface area contributed by atoms with E-state index in [4.69, 9.17) is 27.9 Å². The maximum absolute atomic E-state index is 12.0. The fraction of sp³-hybridized carbons (Fsp3) is 0. The first-order valence-corrected chi connectivity index (χ1v) is 8.10. The molecule has 1 heterocycles. The molecule has 0 amide bonds. The molecule has 2 aromatic rings. The number of hydrogen-bond donors (Lipinski definition) is 0. The van der Waals surface area contributed by atoms with Crippen LogP contribution in [0.3, 0.4) is 0 Å². The molecule has 0 fully saturated rings. The molecule has 0 bridgehead atoms. The summed E-state index contributed by atoms with van der Waals surface area (Å²) >= 11 is 14.3. The number of carbonyl (C=O) groups excluding carboxylic acids is 1. The third-order valence-electron chi connectivity index (χ3n) is 2.98. The Morgan fingerprint density at radius 2 is 1.91 bits per heavy atom. The summed E-state index contributed by atoms with van der Waals surface area (Å²) in [5.41, 5.74) is 1.63. The molecule has 22 heavy (non-hydrogen) atoms. The van der Waals surface area contributed by atoms with Crippen LogP contribution in [0, 0.1) is 3.57 Å². The molecular weight excluding hydrogens is 436 g/mol. The first kappa shape index (κ1) is 15.5. The molecule has 3 nitrogen and oxygen atoms in total. The van der Waals surface area contributed by atoms with Crippen LogP contribution >= 0.6 is 45.8 Å². The van der Waals surface area contributed by atoms with Gasteiger partial charge in [0.25, 0.3) is 0 Å². The van der Waals surface area contributed by atoms with Crippen LogP contribution in [0.2, 0.25) is 10.0 Å². The Labute approximate surface area is 150 Å². The number of rotatable bonds is 2. The minimum Gasteiger partial charge on any atom is -0.402 e. The molecule has 0 saturated heterocycles. The van der Waals surface area contributed by atoms with Gasteiger partial charge in [-0.3, -0.25) is 0 Å². The third-order valence-corrected chi connectivity index (χ3v) is 4.52. The minimum absolute atomic E-state index is 0.162. The van der Waals surface area contributed by atoms with Crippen LogP contribution in [0.15, 0.2) is 53.2 Å². The number of cyclic esters (lactones) is 1. The van der Waals surface area contributed by atoms with Crippen LogP contribution in [-0.2, 0) is 9.53 Å². The largest absolute Gasteiger partial charge is 0.402 e. The average molecular weight is 444 g/mol. The Balaban J connectivity index is 2.02. The van der Waals surface area contributed by atoms with E-state index in [1.807, 2.05) is 24.3 Å². The molecule has 1 aliphatic heterocycles. The van der Waals surface area contributed by atoms with Crippen LogP contribution < -0.4 is 0 Å². The van der Waals surface area contributed by atoms with Crippen molar-refractivity contribution < 1.29 is 9.53 Å². The van der Waals surface area contributed by atoms with Crippen molar-refractivity contribution in [2.45, 2.75) is 0 Å². The van der Waals surface area contributed by atoms with E-state index < -0.39 is 5.97 Å². The van der Waals surface area contributed by atoms with Crippen LogP contribution in [0.4, 0.5) is 0 Å². The fourth-order valence-corrected chi connectivity index (χ4v) is 2.84. The van der Waals surface area contributed by atoms with E-state index in [-0.39, 0.29) is 11.6 Å². The topological polar surface area (TPSA) is 38.7 Å². The number of aliphatic imine (C=N–C) groups is 1. The van der Waals surface area contributed by atoms with E-state index >= 15 is 0 Å². The molecule has 1 aliphatic rings. The second kappa shape index (κ2) is 6.40. The summed E-state index contributed by atoms with van der Waals surface area (Å²) in [6.07, 6.45) is 1.69. The van der Waals surface area contributed by atoms with Gasteiger partial charge < -0.3 is 4.74 Å². The molecule has 0 aromatic heterocycles. The van der Waals surface area contributed by atoms with Crippen molar-refractivity contribution in [2.75, 3.05) is 0 Å². The highest BCUT2D eigenvalue weighted by molar-refractivity contribution is 14.1. The predicted molar refractivity (Wildman–Crippen MR) is 96.2 cm³/mol. The van der Waals surface area contributed by atoms with Crippen molar-refractivity contribution in [1.29, 1.82) is 0 Å². The second-order valence-electron chi connectivity index (χ2n) is 4.48. The van der Waals surface area contributed by atoms with E-state index in [0.29, 0.717) is 15.6 Å². The lowest BCUT2D eigenvalue weighted by Crippen LogP contribution is -2.06. The number of nitrogens with zero attached hydrogens (tertiary/aromatic N) is 1. The second-order valence-corrected chi connectivity index (χ2v) is 6.49. The molecule has 0 N–H and O–H groups in total. The zero-order valence-corrected chi connectivity index (χ0v) is 14.7. The maximum atomic E-state index is 12.0. The number of benzene rings is 2. The van der Waals surface area contributed by atoms with Gasteiger partial charge in [0.1, 0.15) is 0 Å². The molecule has 110 valence electrons. The quantitative estimate of drug-likeness (QED) is 0.374. The Kier molecular flexibility index (Phi) is 4.52.